The number of rotatable bonds is 3. The summed E-state index contributed by atoms with van der Waals surface area (Å²) in [6.45, 7) is 3.62. The Balaban J connectivity index is 1.76. The van der Waals surface area contributed by atoms with Crippen LogP contribution in [0.1, 0.15) is 24.8 Å². The first-order valence-corrected chi connectivity index (χ1v) is 8.93. The van der Waals surface area contributed by atoms with Crippen LogP contribution in [0.3, 0.4) is 0 Å². The first-order valence-electron chi connectivity index (χ1n) is 8.93. The van der Waals surface area contributed by atoms with Crippen molar-refractivity contribution in [3.05, 3.63) is 62.7 Å². The van der Waals surface area contributed by atoms with E-state index in [2.05, 4.69) is 14.9 Å². The average Bonchev–Trinajstić information content (AvgIpc) is 2.69. The molecule has 1 aromatic carbocycles. The van der Waals surface area contributed by atoms with Crippen LogP contribution in [0.2, 0.25) is 0 Å². The van der Waals surface area contributed by atoms with Crippen molar-refractivity contribution in [3.8, 4) is 5.69 Å². The van der Waals surface area contributed by atoms with Gasteiger partial charge in [0.2, 0.25) is 5.95 Å². The average molecular weight is 365 g/mol. The van der Waals surface area contributed by atoms with Gasteiger partial charge in [0.1, 0.15) is 0 Å². The fraction of sp³-hybridized carbons (Fsp3) is 0.316. The number of nitro groups is 1. The lowest BCUT2D eigenvalue weighted by atomic mass is 10.1. The first kappa shape index (κ1) is 17.1. The number of aryl methyl sites for hydroxylation is 1. The second-order valence-electron chi connectivity index (χ2n) is 6.74. The van der Waals surface area contributed by atoms with Gasteiger partial charge in [-0.15, -0.1) is 0 Å². The Morgan fingerprint density at radius 3 is 2.63 bits per heavy atom. The van der Waals surface area contributed by atoms with Gasteiger partial charge < -0.3 is 4.90 Å². The molecule has 1 fully saturated rings. The van der Waals surface area contributed by atoms with E-state index in [4.69, 9.17) is 0 Å². The molecule has 3 aromatic rings. The van der Waals surface area contributed by atoms with Crippen molar-refractivity contribution in [1.82, 2.24) is 14.5 Å². The van der Waals surface area contributed by atoms with Crippen molar-refractivity contribution in [1.29, 1.82) is 0 Å². The summed E-state index contributed by atoms with van der Waals surface area (Å²) in [7, 11) is 0. The molecule has 0 unspecified atom stereocenters. The lowest BCUT2D eigenvalue weighted by Crippen LogP contribution is -2.31. The molecule has 0 spiro atoms. The molecule has 0 atom stereocenters. The largest absolute Gasteiger partial charge is 0.341 e. The number of piperidine rings is 1. The van der Waals surface area contributed by atoms with Gasteiger partial charge in [-0.3, -0.25) is 19.5 Å². The molecule has 1 saturated heterocycles. The normalized spacial score (nSPS) is 14.5. The summed E-state index contributed by atoms with van der Waals surface area (Å²) in [6.07, 6.45) is 6.71. The van der Waals surface area contributed by atoms with Crippen LogP contribution in [-0.2, 0) is 0 Å². The van der Waals surface area contributed by atoms with Crippen LogP contribution in [0.5, 0.6) is 0 Å². The third kappa shape index (κ3) is 3.14. The molecule has 8 nitrogen and oxygen atoms in total. The van der Waals surface area contributed by atoms with E-state index in [0.29, 0.717) is 28.1 Å². The van der Waals surface area contributed by atoms with Gasteiger partial charge in [-0.1, -0.05) is 0 Å². The number of nitro benzene ring substituents is 1. The minimum absolute atomic E-state index is 0.000375. The van der Waals surface area contributed by atoms with Gasteiger partial charge in [0.25, 0.3) is 11.2 Å². The minimum atomic E-state index is -0.449. The van der Waals surface area contributed by atoms with Crippen LogP contribution in [0, 0.1) is 17.0 Å². The van der Waals surface area contributed by atoms with Crippen molar-refractivity contribution in [2.75, 3.05) is 18.0 Å². The van der Waals surface area contributed by atoms with Gasteiger partial charge in [0.05, 0.1) is 21.5 Å². The second-order valence-corrected chi connectivity index (χ2v) is 6.74. The minimum Gasteiger partial charge on any atom is -0.341 e. The molecule has 0 saturated carbocycles. The molecular weight excluding hydrogens is 346 g/mol. The summed E-state index contributed by atoms with van der Waals surface area (Å²) in [6, 6.07) is 6.23. The van der Waals surface area contributed by atoms with E-state index in [1.165, 1.54) is 23.1 Å². The monoisotopic (exact) mass is 365 g/mol. The summed E-state index contributed by atoms with van der Waals surface area (Å²) >= 11 is 0. The Labute approximate surface area is 155 Å². The Bertz CT molecular complexity index is 1090. The number of hydrogen-bond acceptors (Lipinski definition) is 6. The maximum atomic E-state index is 12.9. The Hall–Kier alpha value is -3.29. The number of nitrogens with zero attached hydrogens (tertiary/aromatic N) is 5. The third-order valence-electron chi connectivity index (χ3n) is 4.93. The van der Waals surface area contributed by atoms with Gasteiger partial charge in [-0.25, -0.2) is 9.97 Å². The summed E-state index contributed by atoms with van der Waals surface area (Å²) in [5, 5.41) is 11.3. The highest BCUT2D eigenvalue weighted by molar-refractivity contribution is 5.78. The molecule has 0 bridgehead atoms. The number of benzene rings is 1. The fourth-order valence-corrected chi connectivity index (χ4v) is 3.48. The number of aromatic nitrogens is 3. The molecule has 1 aliphatic rings. The topological polar surface area (TPSA) is 94.2 Å². The van der Waals surface area contributed by atoms with Crippen molar-refractivity contribution in [3.63, 3.8) is 0 Å². The first-order chi connectivity index (χ1) is 13.0. The number of hydrogen-bond donors (Lipinski definition) is 0. The van der Waals surface area contributed by atoms with E-state index in [0.717, 1.165) is 25.9 Å². The molecule has 8 heteroatoms. The standard InChI is InChI=1S/C19H19N5O3/c1-13-11-14(24(26)27)5-6-17(13)23-10-7-16-15(18(23)25)12-20-19(21-16)22-8-3-2-4-9-22/h5-7,10-12H,2-4,8-9H2,1H3. The lowest BCUT2D eigenvalue weighted by Gasteiger charge is -2.26. The molecule has 0 radical (unpaired) electrons. The van der Waals surface area contributed by atoms with E-state index in [1.807, 2.05) is 0 Å². The second kappa shape index (κ2) is 6.79. The van der Waals surface area contributed by atoms with Gasteiger partial charge in [0, 0.05) is 37.6 Å². The summed E-state index contributed by atoms with van der Waals surface area (Å²) in [5.74, 6) is 0.658. The number of pyridine rings is 1. The maximum absolute atomic E-state index is 12.9. The Morgan fingerprint density at radius 2 is 1.93 bits per heavy atom. The highest BCUT2D eigenvalue weighted by Gasteiger charge is 2.16. The molecule has 0 amide bonds. The fourth-order valence-electron chi connectivity index (χ4n) is 3.48. The zero-order valence-corrected chi connectivity index (χ0v) is 15.0. The molecular formula is C19H19N5O3. The van der Waals surface area contributed by atoms with Crippen molar-refractivity contribution in [2.45, 2.75) is 26.2 Å². The summed E-state index contributed by atoms with van der Waals surface area (Å²) < 4.78 is 1.48. The zero-order valence-electron chi connectivity index (χ0n) is 15.0. The van der Waals surface area contributed by atoms with Gasteiger partial charge in [-0.05, 0) is 43.9 Å². The summed E-state index contributed by atoms with van der Waals surface area (Å²) in [4.78, 5) is 34.5. The van der Waals surface area contributed by atoms with Crippen molar-refractivity contribution in [2.24, 2.45) is 0 Å². The van der Waals surface area contributed by atoms with E-state index in [9.17, 15) is 14.9 Å². The molecule has 2 aromatic heterocycles. The highest BCUT2D eigenvalue weighted by atomic mass is 16.6. The number of anilines is 1. The van der Waals surface area contributed by atoms with Crippen LogP contribution < -0.4 is 10.5 Å². The molecule has 27 heavy (non-hydrogen) atoms. The molecule has 138 valence electrons. The third-order valence-corrected chi connectivity index (χ3v) is 4.93. The van der Waals surface area contributed by atoms with Gasteiger partial charge in [0.15, 0.2) is 0 Å². The van der Waals surface area contributed by atoms with E-state index >= 15 is 0 Å². The van der Waals surface area contributed by atoms with Crippen LogP contribution >= 0.6 is 0 Å². The Morgan fingerprint density at radius 1 is 1.15 bits per heavy atom. The van der Waals surface area contributed by atoms with Crippen LogP contribution in [0.25, 0.3) is 16.6 Å². The predicted octanol–water partition coefficient (Wildman–Crippen LogP) is 2.99. The molecule has 4 rings (SSSR count). The molecule has 3 heterocycles. The lowest BCUT2D eigenvalue weighted by molar-refractivity contribution is -0.384. The molecule has 0 N–H and O–H groups in total. The SMILES string of the molecule is Cc1cc([N+](=O)[O-])ccc1-n1ccc2nc(N3CCCCC3)ncc2c1=O. The zero-order chi connectivity index (χ0) is 19.0. The number of non-ortho nitro benzene ring substituents is 1. The van der Waals surface area contributed by atoms with Crippen molar-refractivity contribution >= 4 is 22.5 Å². The van der Waals surface area contributed by atoms with Crippen LogP contribution in [0.4, 0.5) is 11.6 Å². The Kier molecular flexibility index (Phi) is 4.31. The molecule has 1 aliphatic heterocycles. The highest BCUT2D eigenvalue weighted by Crippen LogP contribution is 2.21. The molecule has 0 aliphatic carbocycles. The predicted molar refractivity (Wildman–Crippen MR) is 103 cm³/mol. The van der Waals surface area contributed by atoms with E-state index < -0.39 is 4.92 Å². The maximum Gasteiger partial charge on any atom is 0.269 e. The van der Waals surface area contributed by atoms with E-state index in [-0.39, 0.29) is 11.2 Å². The number of fused-ring (bicyclic) bond motifs is 1. The van der Waals surface area contributed by atoms with Crippen LogP contribution in [-0.4, -0.2) is 32.5 Å². The van der Waals surface area contributed by atoms with Crippen molar-refractivity contribution < 1.29 is 4.92 Å². The van der Waals surface area contributed by atoms with Gasteiger partial charge in [-0.2, -0.15) is 0 Å². The van der Waals surface area contributed by atoms with Crippen LogP contribution in [0.15, 0.2) is 41.5 Å². The smallest absolute Gasteiger partial charge is 0.269 e. The van der Waals surface area contributed by atoms with Gasteiger partial charge >= 0.3 is 0 Å². The van der Waals surface area contributed by atoms with E-state index in [1.54, 1.807) is 31.5 Å². The summed E-state index contributed by atoms with van der Waals surface area (Å²) in [5.41, 5.74) is 1.62. The quantitative estimate of drug-likeness (QED) is 0.523.